The predicted octanol–water partition coefficient (Wildman–Crippen LogP) is -4.62. The van der Waals surface area contributed by atoms with E-state index in [2.05, 4.69) is 31.9 Å². The van der Waals surface area contributed by atoms with Crippen molar-refractivity contribution in [2.45, 2.75) is 95.1 Å². The average molecular weight is 778 g/mol. The Morgan fingerprint density at radius 1 is 0.745 bits per heavy atom. The normalized spacial score (nSPS) is 14.0. The summed E-state index contributed by atoms with van der Waals surface area (Å²) in [5, 5.41) is 49.5. The SMILES string of the molecule is CC(=O)N[C@H](C(=O)N[C@@H](CCCNC(=N)N)C(=O)N[C@@H](CCC(N)=O)C(=O)N(C)[C@@H](CCCNC(=N)N)C(=O)N[C@@H](Cc1ccc(O)cc1)C(N)=O)[C@@H](C)O. The number of aliphatic hydroxyl groups is 1. The lowest BCUT2D eigenvalue weighted by molar-refractivity contribution is -0.143. The van der Waals surface area contributed by atoms with E-state index in [0.717, 1.165) is 11.8 Å². The maximum Gasteiger partial charge on any atom is 0.245 e. The lowest BCUT2D eigenvalue weighted by atomic mass is 10.0. The largest absolute Gasteiger partial charge is 0.508 e. The number of benzene rings is 1. The molecular weight excluding hydrogens is 722 g/mol. The molecule has 18 N–H and O–H groups in total. The Morgan fingerprint density at radius 3 is 1.76 bits per heavy atom. The Kier molecular flexibility index (Phi) is 20.0. The molecule has 7 amide bonds. The number of amides is 7. The first-order valence-electron chi connectivity index (χ1n) is 17.4. The van der Waals surface area contributed by atoms with Gasteiger partial charge in [0.05, 0.1) is 6.10 Å². The van der Waals surface area contributed by atoms with E-state index in [0.29, 0.717) is 5.56 Å². The number of nitrogens with one attached hydrogen (secondary N) is 8. The minimum atomic E-state index is -1.49. The molecule has 1 aromatic rings. The van der Waals surface area contributed by atoms with E-state index in [1.54, 1.807) is 0 Å². The van der Waals surface area contributed by atoms with Crippen molar-refractivity contribution in [1.82, 2.24) is 36.8 Å². The van der Waals surface area contributed by atoms with Crippen molar-refractivity contribution in [2.75, 3.05) is 20.1 Å². The van der Waals surface area contributed by atoms with Gasteiger partial charge in [-0.15, -0.1) is 0 Å². The van der Waals surface area contributed by atoms with Gasteiger partial charge in [0.25, 0.3) is 0 Å². The van der Waals surface area contributed by atoms with Crippen LogP contribution in [0.1, 0.15) is 57.9 Å². The molecule has 0 aliphatic heterocycles. The number of carbonyl (C=O) groups excluding carboxylic acids is 7. The molecule has 0 spiro atoms. The zero-order chi connectivity index (χ0) is 41.8. The van der Waals surface area contributed by atoms with E-state index >= 15 is 0 Å². The lowest BCUT2D eigenvalue weighted by Gasteiger charge is -2.32. The monoisotopic (exact) mass is 777 g/mol. The first kappa shape index (κ1) is 46.8. The fraction of sp³-hybridized carbons (Fsp3) is 0.545. The van der Waals surface area contributed by atoms with Gasteiger partial charge in [0, 0.05) is 39.9 Å². The number of rotatable bonds is 24. The Balaban J connectivity index is 3.44. The Hall–Kier alpha value is -6.19. The third-order valence-corrected chi connectivity index (χ3v) is 8.16. The molecule has 0 aliphatic rings. The number of phenols is 1. The zero-order valence-electron chi connectivity index (χ0n) is 31.1. The number of aromatic hydroxyl groups is 1. The third kappa shape index (κ3) is 17.9. The number of likely N-dealkylation sites (N-methyl/N-ethyl adjacent to an activating group) is 1. The number of carbonyl (C=O) groups is 7. The van der Waals surface area contributed by atoms with Crippen LogP contribution < -0.4 is 54.8 Å². The number of primary amides is 2. The number of guanidine groups is 2. The number of aliphatic hydroxyl groups excluding tert-OH is 1. The van der Waals surface area contributed by atoms with Crippen LogP contribution in [0.2, 0.25) is 0 Å². The maximum absolute atomic E-state index is 14.1. The molecule has 1 aromatic carbocycles. The maximum atomic E-state index is 14.1. The summed E-state index contributed by atoms with van der Waals surface area (Å²) in [6, 6.07) is -1.01. The number of nitrogens with zero attached hydrogens (tertiary/aromatic N) is 1. The van der Waals surface area contributed by atoms with E-state index < -0.39 is 77.7 Å². The molecule has 1 rings (SSSR count). The Bertz CT molecular complexity index is 1520. The molecule has 0 bridgehead atoms. The molecule has 0 saturated heterocycles. The molecule has 0 radical (unpaired) electrons. The van der Waals surface area contributed by atoms with Crippen LogP contribution in [-0.4, -0.2) is 125 Å². The van der Waals surface area contributed by atoms with Crippen molar-refractivity contribution in [1.29, 1.82) is 10.8 Å². The fourth-order valence-electron chi connectivity index (χ4n) is 5.28. The second kappa shape index (κ2) is 23.5. The second-order valence-corrected chi connectivity index (χ2v) is 12.8. The molecule has 0 aliphatic carbocycles. The van der Waals surface area contributed by atoms with Crippen molar-refractivity contribution >= 4 is 53.3 Å². The topological polar surface area (TPSA) is 387 Å². The molecule has 0 fully saturated rings. The van der Waals surface area contributed by atoms with Gasteiger partial charge in [0.15, 0.2) is 11.9 Å². The molecule has 0 heterocycles. The van der Waals surface area contributed by atoms with Crippen LogP contribution in [0.3, 0.4) is 0 Å². The number of hydrogen-bond acceptors (Lipinski definition) is 11. The van der Waals surface area contributed by atoms with Gasteiger partial charge >= 0.3 is 0 Å². The highest BCUT2D eigenvalue weighted by Gasteiger charge is 2.36. The molecular formula is C33H55N13O9. The summed E-state index contributed by atoms with van der Waals surface area (Å²) in [7, 11) is 1.26. The first-order valence-corrected chi connectivity index (χ1v) is 17.4. The van der Waals surface area contributed by atoms with Crippen LogP contribution in [0.25, 0.3) is 0 Å². The van der Waals surface area contributed by atoms with Gasteiger partial charge in [-0.25, -0.2) is 0 Å². The lowest BCUT2D eigenvalue weighted by Crippen LogP contribution is -2.60. The number of phenolic OH excluding ortho intramolecular Hbond substituents is 1. The minimum absolute atomic E-state index is 0.0200. The van der Waals surface area contributed by atoms with Gasteiger partial charge in [0.1, 0.15) is 36.0 Å². The fourth-order valence-corrected chi connectivity index (χ4v) is 5.28. The molecule has 306 valence electrons. The van der Waals surface area contributed by atoms with E-state index in [1.807, 2.05) is 0 Å². The summed E-state index contributed by atoms with van der Waals surface area (Å²) in [5.74, 6) is -6.52. The molecule has 55 heavy (non-hydrogen) atoms. The second-order valence-electron chi connectivity index (χ2n) is 12.8. The van der Waals surface area contributed by atoms with E-state index in [9.17, 15) is 43.8 Å². The van der Waals surface area contributed by atoms with Crippen molar-refractivity contribution in [3.8, 4) is 5.75 Å². The summed E-state index contributed by atoms with van der Waals surface area (Å²) in [5.41, 5.74) is 22.2. The van der Waals surface area contributed by atoms with Gasteiger partial charge < -0.3 is 69.9 Å². The van der Waals surface area contributed by atoms with Crippen LogP contribution in [0, 0.1) is 10.8 Å². The molecule has 0 aromatic heterocycles. The number of nitrogens with two attached hydrogens (primary N) is 4. The Morgan fingerprint density at radius 2 is 1.27 bits per heavy atom. The van der Waals surface area contributed by atoms with Crippen LogP contribution in [-0.2, 0) is 40.0 Å². The molecule has 22 nitrogen and oxygen atoms in total. The van der Waals surface area contributed by atoms with Crippen LogP contribution >= 0.6 is 0 Å². The molecule has 6 atom stereocenters. The van der Waals surface area contributed by atoms with Crippen molar-refractivity contribution in [3.05, 3.63) is 29.8 Å². The van der Waals surface area contributed by atoms with Crippen LogP contribution in [0.4, 0.5) is 0 Å². The highest BCUT2D eigenvalue weighted by molar-refractivity contribution is 5.96. The van der Waals surface area contributed by atoms with Crippen molar-refractivity contribution in [2.24, 2.45) is 22.9 Å². The minimum Gasteiger partial charge on any atom is -0.508 e. The molecule has 22 heteroatoms. The van der Waals surface area contributed by atoms with E-state index in [1.165, 1.54) is 38.2 Å². The molecule has 0 saturated carbocycles. The van der Waals surface area contributed by atoms with Crippen molar-refractivity contribution < 1.29 is 43.8 Å². The smallest absolute Gasteiger partial charge is 0.245 e. The predicted molar refractivity (Wildman–Crippen MR) is 199 cm³/mol. The van der Waals surface area contributed by atoms with Gasteiger partial charge in [-0.3, -0.25) is 44.4 Å². The van der Waals surface area contributed by atoms with Gasteiger partial charge in [-0.05, 0) is 56.7 Å². The van der Waals surface area contributed by atoms with E-state index in [4.69, 9.17) is 33.8 Å². The van der Waals surface area contributed by atoms with E-state index in [-0.39, 0.29) is 75.7 Å². The van der Waals surface area contributed by atoms with Gasteiger partial charge in [0.2, 0.25) is 41.4 Å². The summed E-state index contributed by atoms with van der Waals surface area (Å²) in [4.78, 5) is 91.7. The summed E-state index contributed by atoms with van der Waals surface area (Å²) in [6.45, 7) is 2.62. The average Bonchev–Trinajstić information content (AvgIpc) is 3.09. The zero-order valence-corrected chi connectivity index (χ0v) is 31.1. The summed E-state index contributed by atoms with van der Waals surface area (Å²) in [6.07, 6.45) is -1.90. The number of hydrogen-bond donors (Lipinski definition) is 14. The summed E-state index contributed by atoms with van der Waals surface area (Å²) < 4.78 is 0. The summed E-state index contributed by atoms with van der Waals surface area (Å²) >= 11 is 0. The van der Waals surface area contributed by atoms with Crippen LogP contribution in [0.5, 0.6) is 5.75 Å². The standard InChI is InChI=1S/C33H55N13O9/c1-17(47)26(42-18(2)48)30(54)43-21(6-4-14-40-32(36)37)28(52)44-22(12-13-25(34)50)31(55)46(3)24(7-5-15-41-33(38)39)29(53)45-23(27(35)51)16-19-8-10-20(49)11-9-19/h8-11,17,21-24,26,47,49H,4-7,12-16H2,1-3H3,(H2,34,50)(H2,35,51)(H,42,48)(H,43,54)(H,44,52)(H,45,53)(H4,36,37,40)(H4,38,39,41)/t17-,21+,22+,23+,24+,26+/m1/s1. The van der Waals surface area contributed by atoms with Crippen molar-refractivity contribution in [3.63, 3.8) is 0 Å². The van der Waals surface area contributed by atoms with Gasteiger partial charge in [-0.2, -0.15) is 0 Å². The first-order chi connectivity index (χ1) is 25.7. The quantitative estimate of drug-likeness (QED) is 0.0267. The highest BCUT2D eigenvalue weighted by atomic mass is 16.3. The third-order valence-electron chi connectivity index (χ3n) is 8.16. The van der Waals surface area contributed by atoms with Crippen LogP contribution in [0.15, 0.2) is 24.3 Å². The highest BCUT2D eigenvalue weighted by Crippen LogP contribution is 2.14. The Labute approximate surface area is 318 Å². The van der Waals surface area contributed by atoms with Gasteiger partial charge in [-0.1, -0.05) is 12.1 Å². The molecule has 0 unspecified atom stereocenters.